The normalized spacial score (nSPS) is 18.4. The smallest absolute Gasteiger partial charge is 0.355 e. The predicted octanol–water partition coefficient (Wildman–Crippen LogP) is 2.37. The summed E-state index contributed by atoms with van der Waals surface area (Å²) in [6, 6.07) is 6.63. The molecule has 2 atom stereocenters. The first kappa shape index (κ1) is 17.1. The van der Waals surface area contributed by atoms with Gasteiger partial charge >= 0.3 is 5.97 Å². The van der Waals surface area contributed by atoms with Crippen LogP contribution in [0.3, 0.4) is 0 Å². The molecule has 2 amide bonds. The maximum atomic E-state index is 12.1. The molecule has 1 saturated carbocycles. The quantitative estimate of drug-likeness (QED) is 0.734. The Bertz CT molecular complexity index is 816. The van der Waals surface area contributed by atoms with Gasteiger partial charge in [0.1, 0.15) is 5.01 Å². The molecule has 7 nitrogen and oxygen atoms in total. The van der Waals surface area contributed by atoms with Crippen LogP contribution in [0.1, 0.15) is 39.2 Å². The summed E-state index contributed by atoms with van der Waals surface area (Å²) in [6.45, 7) is 2.20. The van der Waals surface area contributed by atoms with Gasteiger partial charge in [-0.2, -0.15) is 0 Å². The van der Waals surface area contributed by atoms with Crippen molar-refractivity contribution < 1.29 is 19.5 Å². The molecule has 2 unspecified atom stereocenters. The third-order valence-corrected chi connectivity index (χ3v) is 4.88. The zero-order valence-electron chi connectivity index (χ0n) is 13.5. The molecule has 8 heteroatoms. The monoisotopic (exact) mass is 359 g/mol. The third-order valence-electron chi connectivity index (χ3n) is 4.03. The molecule has 1 aliphatic carbocycles. The molecule has 0 saturated heterocycles. The molecule has 130 valence electrons. The van der Waals surface area contributed by atoms with E-state index in [-0.39, 0.29) is 30.0 Å². The van der Waals surface area contributed by atoms with Crippen LogP contribution in [0.15, 0.2) is 29.6 Å². The van der Waals surface area contributed by atoms with Crippen molar-refractivity contribution in [2.45, 2.75) is 19.9 Å². The molecular weight excluding hydrogens is 342 g/mol. The van der Waals surface area contributed by atoms with Gasteiger partial charge in [-0.3, -0.25) is 9.59 Å². The van der Waals surface area contributed by atoms with Crippen LogP contribution < -0.4 is 10.6 Å². The predicted molar refractivity (Wildman–Crippen MR) is 92.6 cm³/mol. The van der Waals surface area contributed by atoms with Crippen LogP contribution in [0.2, 0.25) is 0 Å². The highest BCUT2D eigenvalue weighted by Crippen LogP contribution is 2.38. The molecule has 0 spiro atoms. The summed E-state index contributed by atoms with van der Waals surface area (Å²) in [7, 11) is 0. The van der Waals surface area contributed by atoms with Gasteiger partial charge in [0, 0.05) is 22.5 Å². The molecule has 2 aromatic rings. The average molecular weight is 359 g/mol. The SMILES string of the molecule is CC1CC1C(=O)Nc1ccc(C(=O)NCc2nc(C(=O)O)cs2)cc1. The Morgan fingerprint density at radius 1 is 1.28 bits per heavy atom. The van der Waals surface area contributed by atoms with Crippen molar-refractivity contribution in [3.63, 3.8) is 0 Å². The Balaban J connectivity index is 1.53. The van der Waals surface area contributed by atoms with Crippen molar-refractivity contribution in [3.05, 3.63) is 45.9 Å². The van der Waals surface area contributed by atoms with Crippen molar-refractivity contribution in [1.82, 2.24) is 10.3 Å². The van der Waals surface area contributed by atoms with Crippen LogP contribution in [0.25, 0.3) is 0 Å². The lowest BCUT2D eigenvalue weighted by Crippen LogP contribution is -2.22. The van der Waals surface area contributed by atoms with Crippen molar-refractivity contribution in [1.29, 1.82) is 0 Å². The summed E-state index contributed by atoms with van der Waals surface area (Å²) in [5.41, 5.74) is 1.08. The number of benzene rings is 1. The van der Waals surface area contributed by atoms with Crippen LogP contribution in [-0.2, 0) is 11.3 Å². The highest BCUT2D eigenvalue weighted by molar-refractivity contribution is 7.09. The van der Waals surface area contributed by atoms with Crippen molar-refractivity contribution in [2.75, 3.05) is 5.32 Å². The number of carbonyl (C=O) groups excluding carboxylic acids is 2. The molecular formula is C17H17N3O4S. The summed E-state index contributed by atoms with van der Waals surface area (Å²) in [4.78, 5) is 38.7. The maximum Gasteiger partial charge on any atom is 0.355 e. The molecule has 0 bridgehead atoms. The fourth-order valence-corrected chi connectivity index (χ4v) is 3.08. The van der Waals surface area contributed by atoms with E-state index in [1.807, 2.05) is 6.92 Å². The minimum Gasteiger partial charge on any atom is -0.476 e. The maximum absolute atomic E-state index is 12.1. The van der Waals surface area contributed by atoms with Gasteiger partial charge < -0.3 is 15.7 Å². The van der Waals surface area contributed by atoms with Gasteiger partial charge in [0.2, 0.25) is 5.91 Å². The third kappa shape index (κ3) is 4.21. The molecule has 1 aromatic heterocycles. The number of nitrogens with one attached hydrogen (secondary N) is 2. The Hall–Kier alpha value is -2.74. The van der Waals surface area contributed by atoms with Gasteiger partial charge in [-0.15, -0.1) is 11.3 Å². The van der Waals surface area contributed by atoms with E-state index in [2.05, 4.69) is 15.6 Å². The van der Waals surface area contributed by atoms with E-state index >= 15 is 0 Å². The number of carbonyl (C=O) groups is 3. The Kier molecular flexibility index (Phi) is 4.80. The molecule has 1 heterocycles. The van der Waals surface area contributed by atoms with Crippen molar-refractivity contribution >= 4 is 34.8 Å². The molecule has 1 aromatic carbocycles. The fourth-order valence-electron chi connectivity index (χ4n) is 2.38. The average Bonchev–Trinajstić information content (AvgIpc) is 3.13. The topological polar surface area (TPSA) is 108 Å². The number of thiazole rings is 1. The van der Waals surface area contributed by atoms with Gasteiger partial charge in [-0.1, -0.05) is 6.92 Å². The van der Waals surface area contributed by atoms with E-state index < -0.39 is 5.97 Å². The molecule has 0 radical (unpaired) electrons. The second kappa shape index (κ2) is 7.02. The summed E-state index contributed by atoms with van der Waals surface area (Å²) in [5.74, 6) is -0.829. The minimum absolute atomic E-state index is 0.0164. The van der Waals surface area contributed by atoms with Gasteiger partial charge in [0.15, 0.2) is 5.69 Å². The highest BCUT2D eigenvalue weighted by Gasteiger charge is 2.39. The number of amides is 2. The highest BCUT2D eigenvalue weighted by atomic mass is 32.1. The second-order valence-electron chi connectivity index (χ2n) is 6.00. The lowest BCUT2D eigenvalue weighted by molar-refractivity contribution is -0.117. The van der Waals surface area contributed by atoms with E-state index in [0.717, 1.165) is 6.42 Å². The van der Waals surface area contributed by atoms with Gasteiger partial charge in [0.25, 0.3) is 5.91 Å². The molecule has 0 aliphatic heterocycles. The van der Waals surface area contributed by atoms with Gasteiger partial charge in [-0.05, 0) is 36.6 Å². The van der Waals surface area contributed by atoms with Crippen LogP contribution >= 0.6 is 11.3 Å². The summed E-state index contributed by atoms with van der Waals surface area (Å²) < 4.78 is 0. The standard InChI is InChI=1S/C17H17N3O4S/c1-9-6-12(9)16(22)19-11-4-2-10(3-5-11)15(21)18-7-14-20-13(8-25-14)17(23)24/h2-5,8-9,12H,6-7H2,1H3,(H,18,21)(H,19,22)(H,23,24). The molecule has 3 N–H and O–H groups in total. The largest absolute Gasteiger partial charge is 0.476 e. The van der Waals surface area contributed by atoms with E-state index in [0.29, 0.717) is 22.2 Å². The number of hydrogen-bond acceptors (Lipinski definition) is 5. The van der Waals surface area contributed by atoms with E-state index in [4.69, 9.17) is 5.11 Å². The molecule has 3 rings (SSSR count). The lowest BCUT2D eigenvalue weighted by Gasteiger charge is -2.06. The zero-order chi connectivity index (χ0) is 18.0. The zero-order valence-corrected chi connectivity index (χ0v) is 14.3. The first-order valence-corrected chi connectivity index (χ1v) is 8.69. The number of aromatic carboxylic acids is 1. The minimum atomic E-state index is -1.09. The Morgan fingerprint density at radius 2 is 1.96 bits per heavy atom. The van der Waals surface area contributed by atoms with Crippen LogP contribution in [0, 0.1) is 11.8 Å². The van der Waals surface area contributed by atoms with Crippen LogP contribution in [0.5, 0.6) is 0 Å². The number of nitrogens with zero attached hydrogens (tertiary/aromatic N) is 1. The summed E-state index contributed by atoms with van der Waals surface area (Å²) >= 11 is 1.18. The molecule has 1 fully saturated rings. The van der Waals surface area contributed by atoms with Crippen LogP contribution in [-0.4, -0.2) is 27.9 Å². The Morgan fingerprint density at radius 3 is 2.52 bits per heavy atom. The number of aromatic nitrogens is 1. The molecule has 25 heavy (non-hydrogen) atoms. The first-order chi connectivity index (χ1) is 11.9. The first-order valence-electron chi connectivity index (χ1n) is 7.81. The van der Waals surface area contributed by atoms with Gasteiger partial charge in [-0.25, -0.2) is 9.78 Å². The lowest BCUT2D eigenvalue weighted by atomic mass is 10.2. The van der Waals surface area contributed by atoms with E-state index in [1.54, 1.807) is 24.3 Å². The van der Waals surface area contributed by atoms with Crippen LogP contribution in [0.4, 0.5) is 5.69 Å². The van der Waals surface area contributed by atoms with E-state index in [1.165, 1.54) is 16.7 Å². The summed E-state index contributed by atoms with van der Waals surface area (Å²) in [6.07, 6.45) is 0.923. The van der Waals surface area contributed by atoms with E-state index in [9.17, 15) is 14.4 Å². The second-order valence-corrected chi connectivity index (χ2v) is 6.94. The van der Waals surface area contributed by atoms with Crippen molar-refractivity contribution in [2.24, 2.45) is 11.8 Å². The number of hydrogen-bond donors (Lipinski definition) is 3. The molecule has 1 aliphatic rings. The number of carboxylic acids is 1. The Labute approximate surface area is 148 Å². The number of anilines is 1. The number of rotatable bonds is 6. The van der Waals surface area contributed by atoms with Gasteiger partial charge in [0.05, 0.1) is 6.54 Å². The fraction of sp³-hybridized carbons (Fsp3) is 0.294. The van der Waals surface area contributed by atoms with Crippen molar-refractivity contribution in [3.8, 4) is 0 Å². The number of carboxylic acid groups (broad SMARTS) is 1. The summed E-state index contributed by atoms with van der Waals surface area (Å²) in [5, 5.41) is 16.3.